The molecule has 0 aromatic heterocycles. The van der Waals surface area contributed by atoms with Gasteiger partial charge in [-0.15, -0.1) is 0 Å². The molecule has 0 saturated heterocycles. The summed E-state index contributed by atoms with van der Waals surface area (Å²) in [5, 5.41) is 29.9. The molecule has 0 atom stereocenters. The quantitative estimate of drug-likeness (QED) is 0.362. The van der Waals surface area contributed by atoms with Crippen molar-refractivity contribution in [3.63, 3.8) is 0 Å². The van der Waals surface area contributed by atoms with Gasteiger partial charge in [-0.3, -0.25) is 14.7 Å². The molecule has 0 spiro atoms. The van der Waals surface area contributed by atoms with Crippen molar-refractivity contribution in [3.8, 4) is 12.1 Å². The van der Waals surface area contributed by atoms with Gasteiger partial charge in [0.25, 0.3) is 15.8 Å². The lowest BCUT2D eigenvalue weighted by molar-refractivity contribution is -0.385. The zero-order chi connectivity index (χ0) is 15.3. The summed E-state index contributed by atoms with van der Waals surface area (Å²) in [5.41, 5.74) is -1.08. The molecule has 0 saturated carbocycles. The topological polar surface area (TPSA) is 157 Å². The fraction of sp³-hybridized carbons (Fsp3) is 0. The highest BCUT2D eigenvalue weighted by molar-refractivity contribution is 7.86. The van der Waals surface area contributed by atoms with Crippen molar-refractivity contribution >= 4 is 21.5 Å². The van der Waals surface area contributed by atoms with E-state index in [1.807, 2.05) is 0 Å². The normalized spacial score (nSPS) is 9.95. The van der Waals surface area contributed by atoms with E-state index < -0.39 is 25.6 Å². The standard InChI is InChI=1S/C10H6N4O5S/c11-4-7(5-12)6-13-9-2-1-8(14(15)16)3-10(9)20(17,18)19/h1-3,6,13H,(H,17,18,19). The highest BCUT2D eigenvalue weighted by atomic mass is 32.2. The lowest BCUT2D eigenvalue weighted by Crippen LogP contribution is -2.04. The molecule has 0 aliphatic rings. The molecule has 9 nitrogen and oxygen atoms in total. The van der Waals surface area contributed by atoms with Gasteiger partial charge in [0, 0.05) is 18.3 Å². The predicted molar refractivity (Wildman–Crippen MR) is 65.8 cm³/mol. The zero-order valence-corrected chi connectivity index (χ0v) is 10.5. The lowest BCUT2D eigenvalue weighted by Gasteiger charge is -2.06. The van der Waals surface area contributed by atoms with Crippen LogP contribution in [-0.2, 0) is 10.1 Å². The molecule has 10 heteroatoms. The molecule has 0 bridgehead atoms. The minimum absolute atomic E-state index is 0.207. The fourth-order valence-electron chi connectivity index (χ4n) is 1.20. The molecule has 0 aliphatic heterocycles. The minimum atomic E-state index is -4.71. The monoisotopic (exact) mass is 294 g/mol. The molecule has 20 heavy (non-hydrogen) atoms. The summed E-state index contributed by atoms with van der Waals surface area (Å²) in [6.07, 6.45) is 0.913. The van der Waals surface area contributed by atoms with E-state index in [-0.39, 0.29) is 11.3 Å². The molecule has 0 aliphatic carbocycles. The number of rotatable bonds is 4. The number of allylic oxidation sites excluding steroid dienone is 1. The Morgan fingerprint density at radius 2 is 2.00 bits per heavy atom. The number of benzene rings is 1. The largest absolute Gasteiger partial charge is 0.359 e. The van der Waals surface area contributed by atoms with Gasteiger partial charge in [0.2, 0.25) is 0 Å². The van der Waals surface area contributed by atoms with E-state index in [0.717, 1.165) is 18.3 Å². The number of nitrogens with zero attached hydrogens (tertiary/aromatic N) is 3. The van der Waals surface area contributed by atoms with Crippen LogP contribution in [0, 0.1) is 32.8 Å². The molecule has 1 aromatic rings. The number of nitro groups is 1. The number of hydrogen-bond acceptors (Lipinski definition) is 7. The molecular weight excluding hydrogens is 288 g/mol. The number of non-ortho nitro benzene ring substituents is 1. The van der Waals surface area contributed by atoms with E-state index in [1.165, 1.54) is 12.1 Å². The van der Waals surface area contributed by atoms with Gasteiger partial charge in [0.05, 0.1) is 10.6 Å². The Morgan fingerprint density at radius 1 is 1.40 bits per heavy atom. The Balaban J connectivity index is 3.35. The maximum atomic E-state index is 11.2. The van der Waals surface area contributed by atoms with Gasteiger partial charge in [0.15, 0.2) is 0 Å². The lowest BCUT2D eigenvalue weighted by atomic mass is 10.2. The average molecular weight is 294 g/mol. The second-order valence-electron chi connectivity index (χ2n) is 3.34. The first-order chi connectivity index (χ1) is 9.29. The van der Waals surface area contributed by atoms with Crippen LogP contribution in [0.2, 0.25) is 0 Å². The van der Waals surface area contributed by atoms with Gasteiger partial charge in [-0.1, -0.05) is 0 Å². The number of nitriles is 2. The van der Waals surface area contributed by atoms with Gasteiger partial charge in [-0.05, 0) is 6.07 Å². The maximum absolute atomic E-state index is 11.2. The summed E-state index contributed by atoms with van der Waals surface area (Å²) >= 11 is 0. The van der Waals surface area contributed by atoms with E-state index in [9.17, 15) is 18.5 Å². The smallest absolute Gasteiger partial charge is 0.296 e. The second-order valence-corrected chi connectivity index (χ2v) is 4.73. The first-order valence-corrected chi connectivity index (χ1v) is 6.26. The van der Waals surface area contributed by atoms with E-state index in [4.69, 9.17) is 15.1 Å². The van der Waals surface area contributed by atoms with Crippen LogP contribution in [0.4, 0.5) is 11.4 Å². The predicted octanol–water partition coefficient (Wildman–Crippen LogP) is 1.18. The Labute approximate surface area is 113 Å². The first kappa shape index (κ1) is 15.1. The van der Waals surface area contributed by atoms with Crippen molar-refractivity contribution in [2.75, 3.05) is 5.32 Å². The Hall–Kier alpha value is -2.95. The van der Waals surface area contributed by atoms with Crippen molar-refractivity contribution in [3.05, 3.63) is 40.1 Å². The van der Waals surface area contributed by atoms with Crippen LogP contribution in [0.25, 0.3) is 0 Å². The van der Waals surface area contributed by atoms with Crippen LogP contribution >= 0.6 is 0 Å². The van der Waals surface area contributed by atoms with Gasteiger partial charge in [-0.2, -0.15) is 18.9 Å². The molecule has 0 radical (unpaired) electrons. The summed E-state index contributed by atoms with van der Waals surface area (Å²) in [5.74, 6) is 0. The van der Waals surface area contributed by atoms with Crippen LogP contribution in [-0.4, -0.2) is 17.9 Å². The SMILES string of the molecule is N#CC(C#N)=CNc1ccc([N+](=O)[O-])cc1S(=O)(=O)O. The van der Waals surface area contributed by atoms with Crippen LogP contribution in [0.5, 0.6) is 0 Å². The first-order valence-electron chi connectivity index (χ1n) is 4.82. The summed E-state index contributed by atoms with van der Waals surface area (Å²) in [4.78, 5) is 8.99. The van der Waals surface area contributed by atoms with Crippen molar-refractivity contribution in [1.82, 2.24) is 0 Å². The highest BCUT2D eigenvalue weighted by Gasteiger charge is 2.19. The van der Waals surface area contributed by atoms with E-state index in [0.29, 0.717) is 6.07 Å². The maximum Gasteiger partial charge on any atom is 0.296 e. The molecule has 1 rings (SSSR count). The van der Waals surface area contributed by atoms with E-state index in [1.54, 1.807) is 0 Å². The molecule has 0 unspecified atom stereocenters. The van der Waals surface area contributed by atoms with Crippen molar-refractivity contribution in [2.24, 2.45) is 0 Å². The summed E-state index contributed by atoms with van der Waals surface area (Å²) < 4.78 is 31.3. The number of anilines is 1. The number of nitrogens with one attached hydrogen (secondary N) is 1. The summed E-state index contributed by atoms with van der Waals surface area (Å²) in [6.45, 7) is 0. The van der Waals surface area contributed by atoms with Crippen molar-refractivity contribution in [2.45, 2.75) is 4.90 Å². The zero-order valence-electron chi connectivity index (χ0n) is 9.64. The third kappa shape index (κ3) is 3.52. The average Bonchev–Trinajstić information content (AvgIpc) is 2.38. The molecular formula is C10H6N4O5S. The number of nitro benzene ring substituents is 1. The Bertz CT molecular complexity index is 754. The third-order valence-electron chi connectivity index (χ3n) is 2.07. The van der Waals surface area contributed by atoms with Crippen LogP contribution in [0.1, 0.15) is 0 Å². The Morgan fingerprint density at radius 3 is 2.45 bits per heavy atom. The molecule has 2 N–H and O–H groups in total. The number of hydrogen-bond donors (Lipinski definition) is 2. The van der Waals surface area contributed by atoms with E-state index in [2.05, 4.69) is 5.32 Å². The molecule has 102 valence electrons. The van der Waals surface area contributed by atoms with Gasteiger partial charge >= 0.3 is 0 Å². The van der Waals surface area contributed by atoms with Gasteiger partial charge in [-0.25, -0.2) is 0 Å². The van der Waals surface area contributed by atoms with Crippen molar-refractivity contribution in [1.29, 1.82) is 10.5 Å². The van der Waals surface area contributed by atoms with Crippen LogP contribution in [0.15, 0.2) is 34.9 Å². The second kappa shape index (κ2) is 5.79. The Kier molecular flexibility index (Phi) is 4.38. The van der Waals surface area contributed by atoms with Crippen LogP contribution in [0.3, 0.4) is 0 Å². The fourth-order valence-corrected chi connectivity index (χ4v) is 1.87. The molecule has 1 aromatic carbocycles. The van der Waals surface area contributed by atoms with Gasteiger partial charge in [0.1, 0.15) is 22.6 Å². The summed E-state index contributed by atoms with van der Waals surface area (Å²) in [6, 6.07) is 5.75. The highest BCUT2D eigenvalue weighted by Crippen LogP contribution is 2.26. The summed E-state index contributed by atoms with van der Waals surface area (Å²) in [7, 11) is -4.71. The molecule has 0 fully saturated rings. The third-order valence-corrected chi connectivity index (χ3v) is 2.96. The van der Waals surface area contributed by atoms with Crippen LogP contribution < -0.4 is 5.32 Å². The van der Waals surface area contributed by atoms with E-state index >= 15 is 0 Å². The molecule has 0 amide bonds. The minimum Gasteiger partial charge on any atom is -0.359 e. The van der Waals surface area contributed by atoms with Gasteiger partial charge < -0.3 is 5.32 Å². The molecule has 0 heterocycles. The van der Waals surface area contributed by atoms with Crippen molar-refractivity contribution < 1.29 is 17.9 Å².